The normalized spacial score (nSPS) is 13.7. The Morgan fingerprint density at radius 3 is 2.74 bits per heavy atom. The zero-order chi connectivity index (χ0) is 16.1. The summed E-state index contributed by atoms with van der Waals surface area (Å²) in [4.78, 5) is 16.7. The Labute approximate surface area is 135 Å². The van der Waals surface area contributed by atoms with Crippen molar-refractivity contribution < 1.29 is 9.53 Å². The number of amides is 1. The Morgan fingerprint density at radius 1 is 1.22 bits per heavy atom. The van der Waals surface area contributed by atoms with E-state index in [4.69, 9.17) is 4.74 Å². The van der Waals surface area contributed by atoms with Crippen molar-refractivity contribution in [1.82, 2.24) is 5.32 Å². The molecule has 0 aromatic heterocycles. The summed E-state index contributed by atoms with van der Waals surface area (Å²) in [6.45, 7) is 1.81. The molecule has 0 radical (unpaired) electrons. The molecule has 5 nitrogen and oxygen atoms in total. The van der Waals surface area contributed by atoms with E-state index in [2.05, 4.69) is 15.6 Å². The number of benzene rings is 2. The van der Waals surface area contributed by atoms with Gasteiger partial charge < -0.3 is 15.4 Å². The van der Waals surface area contributed by atoms with Crippen LogP contribution in [-0.4, -0.2) is 31.9 Å². The van der Waals surface area contributed by atoms with Gasteiger partial charge in [0.25, 0.3) is 5.91 Å². The van der Waals surface area contributed by atoms with Crippen molar-refractivity contribution in [3.8, 4) is 5.75 Å². The second-order valence-electron chi connectivity index (χ2n) is 5.27. The molecule has 118 valence electrons. The first kappa shape index (κ1) is 15.1. The molecule has 1 aliphatic rings. The summed E-state index contributed by atoms with van der Waals surface area (Å²) in [5.74, 6) is 1.42. The number of carbonyl (C=O) groups excluding carboxylic acids is 1. The van der Waals surface area contributed by atoms with Gasteiger partial charge in [0, 0.05) is 29.9 Å². The van der Waals surface area contributed by atoms with E-state index in [1.165, 1.54) is 0 Å². The van der Waals surface area contributed by atoms with Crippen molar-refractivity contribution in [2.75, 3.05) is 25.5 Å². The van der Waals surface area contributed by atoms with Crippen LogP contribution in [0.15, 0.2) is 53.5 Å². The lowest BCUT2D eigenvalue weighted by Crippen LogP contribution is -2.30. The van der Waals surface area contributed by atoms with Gasteiger partial charge in [0.15, 0.2) is 0 Å². The number of anilines is 1. The topological polar surface area (TPSA) is 62.7 Å². The minimum absolute atomic E-state index is 0.162. The summed E-state index contributed by atoms with van der Waals surface area (Å²) in [5, 5.41) is 6.17. The van der Waals surface area contributed by atoms with Crippen molar-refractivity contribution in [1.29, 1.82) is 0 Å². The molecule has 1 heterocycles. The van der Waals surface area contributed by atoms with Crippen LogP contribution in [0.3, 0.4) is 0 Å². The van der Waals surface area contributed by atoms with Gasteiger partial charge in [-0.1, -0.05) is 6.07 Å². The molecule has 1 amide bonds. The van der Waals surface area contributed by atoms with Crippen molar-refractivity contribution in [3.05, 3.63) is 59.7 Å². The van der Waals surface area contributed by atoms with Gasteiger partial charge in [-0.25, -0.2) is 0 Å². The maximum absolute atomic E-state index is 12.3. The van der Waals surface area contributed by atoms with Gasteiger partial charge in [-0.05, 0) is 48.9 Å². The number of aliphatic imine (C=N–C) groups is 1. The Morgan fingerprint density at radius 2 is 2.04 bits per heavy atom. The highest BCUT2D eigenvalue weighted by Crippen LogP contribution is 2.16. The molecule has 0 spiro atoms. The second-order valence-corrected chi connectivity index (χ2v) is 5.27. The van der Waals surface area contributed by atoms with Crippen LogP contribution >= 0.6 is 0 Å². The predicted molar refractivity (Wildman–Crippen MR) is 91.4 cm³/mol. The predicted octanol–water partition coefficient (Wildman–Crippen LogP) is 2.69. The Bertz CT molecular complexity index is 723. The number of amidine groups is 1. The first-order valence-corrected chi connectivity index (χ1v) is 7.60. The summed E-state index contributed by atoms with van der Waals surface area (Å²) < 4.78 is 5.14. The molecule has 3 rings (SSSR count). The molecule has 0 saturated carbocycles. The molecule has 0 unspecified atom stereocenters. The molecular formula is C18H19N3O2. The maximum Gasteiger partial charge on any atom is 0.255 e. The molecule has 0 saturated heterocycles. The fourth-order valence-electron chi connectivity index (χ4n) is 2.40. The van der Waals surface area contributed by atoms with E-state index in [0.29, 0.717) is 11.3 Å². The monoisotopic (exact) mass is 309 g/mol. The third kappa shape index (κ3) is 3.69. The van der Waals surface area contributed by atoms with Crippen LogP contribution in [0.4, 0.5) is 5.69 Å². The lowest BCUT2D eigenvalue weighted by atomic mass is 10.1. The number of hydrogen-bond donors (Lipinski definition) is 2. The van der Waals surface area contributed by atoms with Crippen LogP contribution < -0.4 is 15.4 Å². The van der Waals surface area contributed by atoms with Crippen LogP contribution in [0.5, 0.6) is 5.75 Å². The van der Waals surface area contributed by atoms with Gasteiger partial charge in [-0.2, -0.15) is 0 Å². The first-order chi connectivity index (χ1) is 11.3. The Balaban J connectivity index is 1.70. The number of carbonyl (C=O) groups is 1. The molecular weight excluding hydrogens is 290 g/mol. The zero-order valence-electron chi connectivity index (χ0n) is 13.0. The highest BCUT2D eigenvalue weighted by Gasteiger charge is 2.09. The molecule has 0 fully saturated rings. The van der Waals surface area contributed by atoms with Gasteiger partial charge in [-0.3, -0.25) is 9.79 Å². The summed E-state index contributed by atoms with van der Waals surface area (Å²) in [6, 6.07) is 14.7. The van der Waals surface area contributed by atoms with Crippen molar-refractivity contribution in [2.45, 2.75) is 6.42 Å². The van der Waals surface area contributed by atoms with Crippen LogP contribution in [0.1, 0.15) is 22.3 Å². The highest BCUT2D eigenvalue weighted by molar-refractivity contribution is 6.05. The molecule has 5 heteroatoms. The number of ether oxygens (including phenoxy) is 1. The molecule has 2 aromatic rings. The fourth-order valence-corrected chi connectivity index (χ4v) is 2.40. The minimum Gasteiger partial charge on any atom is -0.497 e. The van der Waals surface area contributed by atoms with Crippen LogP contribution in [-0.2, 0) is 0 Å². The average Bonchev–Trinajstić information content (AvgIpc) is 2.63. The number of rotatable bonds is 4. The highest BCUT2D eigenvalue weighted by atomic mass is 16.5. The third-order valence-corrected chi connectivity index (χ3v) is 3.65. The largest absolute Gasteiger partial charge is 0.497 e. The van der Waals surface area contributed by atoms with Crippen LogP contribution in [0.25, 0.3) is 0 Å². The molecule has 0 bridgehead atoms. The van der Waals surface area contributed by atoms with E-state index in [9.17, 15) is 4.79 Å². The van der Waals surface area contributed by atoms with Crippen LogP contribution in [0.2, 0.25) is 0 Å². The molecule has 23 heavy (non-hydrogen) atoms. The van der Waals surface area contributed by atoms with Crippen molar-refractivity contribution in [2.24, 2.45) is 4.99 Å². The number of nitrogens with zero attached hydrogens (tertiary/aromatic N) is 1. The molecule has 2 aromatic carbocycles. The number of hydrogen-bond acceptors (Lipinski definition) is 4. The quantitative estimate of drug-likeness (QED) is 0.913. The minimum atomic E-state index is -0.162. The maximum atomic E-state index is 12.3. The van der Waals surface area contributed by atoms with Crippen molar-refractivity contribution in [3.63, 3.8) is 0 Å². The molecule has 0 atom stereocenters. The SMILES string of the molecule is COc1cccc(C(=O)Nc2ccc(C3=NCCCN3)cc2)c1. The summed E-state index contributed by atoms with van der Waals surface area (Å²) in [7, 11) is 1.58. The van der Waals surface area contributed by atoms with Crippen molar-refractivity contribution >= 4 is 17.4 Å². The first-order valence-electron chi connectivity index (χ1n) is 7.60. The lowest BCUT2D eigenvalue weighted by molar-refractivity contribution is 0.102. The summed E-state index contributed by atoms with van der Waals surface area (Å²) >= 11 is 0. The van der Waals surface area contributed by atoms with E-state index in [1.807, 2.05) is 30.3 Å². The zero-order valence-corrected chi connectivity index (χ0v) is 13.0. The second kappa shape index (κ2) is 6.96. The van der Waals surface area contributed by atoms with Gasteiger partial charge in [0.2, 0.25) is 0 Å². The molecule has 2 N–H and O–H groups in total. The van der Waals surface area contributed by atoms with Gasteiger partial charge >= 0.3 is 0 Å². The number of nitrogens with one attached hydrogen (secondary N) is 2. The Kier molecular flexibility index (Phi) is 4.57. The number of methoxy groups -OCH3 is 1. The fraction of sp³-hybridized carbons (Fsp3) is 0.222. The molecule has 1 aliphatic heterocycles. The molecule has 0 aliphatic carbocycles. The van der Waals surface area contributed by atoms with Gasteiger partial charge in [0.1, 0.15) is 11.6 Å². The summed E-state index contributed by atoms with van der Waals surface area (Å²) in [5.41, 5.74) is 2.34. The Hall–Kier alpha value is -2.82. The van der Waals surface area contributed by atoms with Crippen LogP contribution in [0, 0.1) is 0 Å². The van der Waals surface area contributed by atoms with Gasteiger partial charge in [-0.15, -0.1) is 0 Å². The standard InChI is InChI=1S/C18H19N3O2/c1-23-16-5-2-4-14(12-16)18(22)21-15-8-6-13(7-9-15)17-19-10-3-11-20-17/h2,4-9,12H,3,10-11H2,1H3,(H,19,20)(H,21,22). The van der Waals surface area contributed by atoms with E-state index >= 15 is 0 Å². The van der Waals surface area contributed by atoms with E-state index in [0.717, 1.165) is 36.6 Å². The van der Waals surface area contributed by atoms with Gasteiger partial charge in [0.05, 0.1) is 7.11 Å². The summed E-state index contributed by atoms with van der Waals surface area (Å²) in [6.07, 6.45) is 1.07. The van der Waals surface area contributed by atoms with E-state index in [1.54, 1.807) is 25.3 Å². The smallest absolute Gasteiger partial charge is 0.255 e. The lowest BCUT2D eigenvalue weighted by Gasteiger charge is -2.15. The van der Waals surface area contributed by atoms with E-state index in [-0.39, 0.29) is 5.91 Å². The average molecular weight is 309 g/mol. The van der Waals surface area contributed by atoms with E-state index < -0.39 is 0 Å². The third-order valence-electron chi connectivity index (χ3n) is 3.65.